The van der Waals surface area contributed by atoms with Crippen LogP contribution in [0.25, 0.3) is 22.9 Å². The summed E-state index contributed by atoms with van der Waals surface area (Å²) in [4.78, 5) is 14.9. The van der Waals surface area contributed by atoms with E-state index in [1.54, 1.807) is 6.08 Å². The second-order valence-corrected chi connectivity index (χ2v) is 9.29. The summed E-state index contributed by atoms with van der Waals surface area (Å²) in [7, 11) is 0. The van der Waals surface area contributed by atoms with Gasteiger partial charge in [0, 0.05) is 28.8 Å². The van der Waals surface area contributed by atoms with Crippen LogP contribution in [0.3, 0.4) is 0 Å². The van der Waals surface area contributed by atoms with Crippen LogP contribution >= 0.6 is 0 Å². The molecule has 0 spiro atoms. The quantitative estimate of drug-likeness (QED) is 0.434. The zero-order valence-electron chi connectivity index (χ0n) is 19.4. The van der Waals surface area contributed by atoms with Crippen LogP contribution in [0.2, 0.25) is 0 Å². The van der Waals surface area contributed by atoms with Crippen molar-refractivity contribution in [1.29, 1.82) is 0 Å². The number of fused-ring (bicyclic) bond motifs is 4. The molecule has 33 heavy (non-hydrogen) atoms. The predicted octanol–water partition coefficient (Wildman–Crippen LogP) is 5.90. The molecular formula is C30H29NO2. The van der Waals surface area contributed by atoms with Crippen molar-refractivity contribution in [2.75, 3.05) is 6.54 Å². The molecule has 0 saturated carbocycles. The molecule has 3 aliphatic heterocycles. The van der Waals surface area contributed by atoms with Crippen LogP contribution < -0.4 is 0 Å². The standard InChI is InChI=1S/C30H29NO2/c1-5-24-22(18-21-11-7-8-12-26(21)25(24)6-2)14-15-23-17-20(3)31-16-10-9-13-28(31)30(4)27(23)19-29(32)33-30/h5-8,11-12,17-20,28H,1-2,9-10,13,16H2,3-4H3/t20-,28?,30-/m0/s1. The fourth-order valence-electron chi connectivity index (χ4n) is 5.79. The second-order valence-electron chi connectivity index (χ2n) is 9.29. The van der Waals surface area contributed by atoms with Crippen LogP contribution in [0, 0.1) is 11.8 Å². The number of benzene rings is 2. The Morgan fingerprint density at radius 1 is 1.15 bits per heavy atom. The van der Waals surface area contributed by atoms with Gasteiger partial charge in [-0.3, -0.25) is 4.90 Å². The van der Waals surface area contributed by atoms with E-state index in [0.29, 0.717) is 0 Å². The van der Waals surface area contributed by atoms with Crippen molar-refractivity contribution < 1.29 is 9.53 Å². The molecule has 2 aromatic carbocycles. The normalized spacial score (nSPS) is 26.7. The average Bonchev–Trinajstić information content (AvgIpc) is 3.11. The van der Waals surface area contributed by atoms with Crippen LogP contribution in [0.1, 0.15) is 49.8 Å². The Hall–Kier alpha value is -3.35. The molecule has 166 valence electrons. The van der Waals surface area contributed by atoms with E-state index in [2.05, 4.69) is 68.0 Å². The van der Waals surface area contributed by atoms with E-state index >= 15 is 0 Å². The summed E-state index contributed by atoms with van der Waals surface area (Å²) in [5, 5.41) is 2.25. The van der Waals surface area contributed by atoms with Gasteiger partial charge in [0.1, 0.15) is 0 Å². The molecule has 3 heterocycles. The zero-order chi connectivity index (χ0) is 23.2. The number of esters is 1. The second kappa shape index (κ2) is 8.21. The highest BCUT2D eigenvalue weighted by Crippen LogP contribution is 2.44. The highest BCUT2D eigenvalue weighted by Gasteiger charge is 2.51. The Morgan fingerprint density at radius 2 is 1.94 bits per heavy atom. The third kappa shape index (κ3) is 3.46. The minimum absolute atomic E-state index is 0.172. The molecule has 1 saturated heterocycles. The lowest BCUT2D eigenvalue weighted by Gasteiger charge is -2.45. The fraction of sp³-hybridized carbons (Fsp3) is 0.300. The van der Waals surface area contributed by atoms with Gasteiger partial charge in [-0.1, -0.05) is 73.9 Å². The first-order chi connectivity index (χ1) is 16.0. The summed E-state index contributed by atoms with van der Waals surface area (Å²) >= 11 is 0. The van der Waals surface area contributed by atoms with E-state index in [-0.39, 0.29) is 18.1 Å². The molecule has 5 rings (SSSR count). The number of rotatable bonds is 2. The monoisotopic (exact) mass is 435 g/mol. The Balaban J connectivity index is 1.66. The van der Waals surface area contributed by atoms with Crippen molar-refractivity contribution in [1.82, 2.24) is 4.90 Å². The summed E-state index contributed by atoms with van der Waals surface area (Å²) in [6.07, 6.45) is 10.9. The van der Waals surface area contributed by atoms with E-state index < -0.39 is 5.60 Å². The lowest BCUT2D eigenvalue weighted by molar-refractivity contribution is -0.151. The largest absolute Gasteiger partial charge is 0.450 e. The van der Waals surface area contributed by atoms with Gasteiger partial charge in [-0.05, 0) is 61.2 Å². The van der Waals surface area contributed by atoms with Crippen LogP contribution in [0.5, 0.6) is 0 Å². The molecule has 2 aromatic rings. The SMILES string of the molecule is C=Cc1c(C#CC2=C[C@H](C)N3CCCCC3[C@@]3(C)OC(=O)C=C23)cc2ccccc2c1C=C. The first-order valence-electron chi connectivity index (χ1n) is 11.7. The van der Waals surface area contributed by atoms with Crippen molar-refractivity contribution in [3.8, 4) is 11.8 Å². The smallest absolute Gasteiger partial charge is 0.332 e. The average molecular weight is 436 g/mol. The molecular weight excluding hydrogens is 406 g/mol. The van der Waals surface area contributed by atoms with Crippen LogP contribution in [-0.2, 0) is 9.53 Å². The molecule has 0 radical (unpaired) electrons. The van der Waals surface area contributed by atoms with Gasteiger partial charge in [0.15, 0.2) is 5.60 Å². The molecule has 3 aliphatic rings. The summed E-state index contributed by atoms with van der Waals surface area (Å²) in [6.45, 7) is 13.4. The first kappa shape index (κ1) is 21.5. The third-order valence-electron chi connectivity index (χ3n) is 7.38. The van der Waals surface area contributed by atoms with E-state index in [4.69, 9.17) is 4.74 Å². The van der Waals surface area contributed by atoms with Crippen molar-refractivity contribution in [2.24, 2.45) is 0 Å². The fourth-order valence-corrected chi connectivity index (χ4v) is 5.79. The third-order valence-corrected chi connectivity index (χ3v) is 7.38. The van der Waals surface area contributed by atoms with Crippen molar-refractivity contribution in [3.63, 3.8) is 0 Å². The number of piperidine rings is 1. The van der Waals surface area contributed by atoms with Crippen molar-refractivity contribution in [2.45, 2.75) is 50.8 Å². The van der Waals surface area contributed by atoms with Gasteiger partial charge in [-0.25, -0.2) is 4.79 Å². The lowest BCUT2D eigenvalue weighted by Crippen LogP contribution is -2.55. The summed E-state index contributed by atoms with van der Waals surface area (Å²) in [5.41, 5.74) is 4.05. The maximum absolute atomic E-state index is 12.4. The number of carbonyl (C=O) groups is 1. The molecule has 1 fully saturated rings. The lowest BCUT2D eigenvalue weighted by atomic mass is 9.81. The van der Waals surface area contributed by atoms with Crippen LogP contribution in [-0.4, -0.2) is 35.1 Å². The summed E-state index contributed by atoms with van der Waals surface area (Å²) < 4.78 is 5.96. The van der Waals surface area contributed by atoms with Crippen LogP contribution in [0.4, 0.5) is 0 Å². The number of hydrogen-bond acceptors (Lipinski definition) is 3. The minimum Gasteiger partial charge on any atom is -0.450 e. The Bertz CT molecular complexity index is 1300. The molecule has 0 aromatic heterocycles. The van der Waals surface area contributed by atoms with Crippen molar-refractivity contribution in [3.05, 3.63) is 83.5 Å². The van der Waals surface area contributed by atoms with Crippen molar-refractivity contribution >= 4 is 28.9 Å². The highest BCUT2D eigenvalue weighted by atomic mass is 16.6. The number of carbonyl (C=O) groups excluding carboxylic acids is 1. The molecule has 3 atom stereocenters. The van der Waals surface area contributed by atoms with E-state index in [1.807, 2.05) is 24.3 Å². The topological polar surface area (TPSA) is 29.5 Å². The van der Waals surface area contributed by atoms with E-state index in [9.17, 15) is 4.79 Å². The van der Waals surface area contributed by atoms with Crippen LogP contribution in [0.15, 0.2) is 66.8 Å². The molecule has 0 amide bonds. The Morgan fingerprint density at radius 3 is 2.73 bits per heavy atom. The minimum atomic E-state index is -0.667. The molecule has 3 nitrogen and oxygen atoms in total. The maximum Gasteiger partial charge on any atom is 0.332 e. The van der Waals surface area contributed by atoms with Gasteiger partial charge >= 0.3 is 5.97 Å². The molecule has 0 bridgehead atoms. The molecule has 1 unspecified atom stereocenters. The van der Waals surface area contributed by atoms with Gasteiger partial charge in [-0.15, -0.1) is 0 Å². The van der Waals surface area contributed by atoms with E-state index in [1.165, 1.54) is 6.42 Å². The number of ether oxygens (including phenoxy) is 1. The number of hydrogen-bond donors (Lipinski definition) is 0. The van der Waals surface area contributed by atoms with E-state index in [0.717, 1.165) is 58.0 Å². The van der Waals surface area contributed by atoms with Gasteiger partial charge < -0.3 is 4.74 Å². The van der Waals surface area contributed by atoms with Gasteiger partial charge in [0.2, 0.25) is 0 Å². The Labute approximate surface area is 196 Å². The highest BCUT2D eigenvalue weighted by molar-refractivity contribution is 5.96. The maximum atomic E-state index is 12.4. The Kier molecular flexibility index (Phi) is 5.35. The number of nitrogens with zero attached hydrogens (tertiary/aromatic N) is 1. The molecule has 0 N–H and O–H groups in total. The molecule has 3 heteroatoms. The van der Waals surface area contributed by atoms with Gasteiger partial charge in [0.05, 0.1) is 6.04 Å². The summed E-state index contributed by atoms with van der Waals surface area (Å²) in [6, 6.07) is 10.8. The van der Waals surface area contributed by atoms with Gasteiger partial charge in [-0.2, -0.15) is 0 Å². The predicted molar refractivity (Wildman–Crippen MR) is 135 cm³/mol. The summed E-state index contributed by atoms with van der Waals surface area (Å²) in [5.74, 6) is 6.57. The molecule has 0 aliphatic carbocycles. The van der Waals surface area contributed by atoms with Gasteiger partial charge in [0.25, 0.3) is 0 Å². The zero-order valence-corrected chi connectivity index (χ0v) is 19.4. The first-order valence-corrected chi connectivity index (χ1v) is 11.7.